The predicted molar refractivity (Wildman–Crippen MR) is 92.4 cm³/mol. The number of hydrogen-bond acceptors (Lipinski definition) is 2. The van der Waals surface area contributed by atoms with E-state index in [2.05, 4.69) is 5.32 Å². The van der Waals surface area contributed by atoms with Crippen LogP contribution < -0.4 is 10.1 Å². The number of rotatable bonds is 5. The van der Waals surface area contributed by atoms with Crippen molar-refractivity contribution >= 4 is 40.7 Å². The minimum atomic E-state index is -0.799. The fraction of sp³-hybridized carbons (Fsp3) is 0.235. The molecule has 1 N–H and O–H groups in total. The van der Waals surface area contributed by atoms with Gasteiger partial charge in [-0.2, -0.15) is 0 Å². The van der Waals surface area contributed by atoms with E-state index in [9.17, 15) is 4.79 Å². The van der Waals surface area contributed by atoms with Crippen molar-refractivity contribution in [1.82, 2.24) is 5.32 Å². The van der Waals surface area contributed by atoms with Crippen LogP contribution in [0, 0.1) is 0 Å². The lowest BCUT2D eigenvalue weighted by atomic mass is 10.1. The van der Waals surface area contributed by atoms with Crippen molar-refractivity contribution in [2.24, 2.45) is 0 Å². The minimum Gasteiger partial charge on any atom is -0.474 e. The van der Waals surface area contributed by atoms with Gasteiger partial charge >= 0.3 is 0 Å². The van der Waals surface area contributed by atoms with Crippen molar-refractivity contribution in [2.45, 2.75) is 25.0 Å². The van der Waals surface area contributed by atoms with Crippen molar-refractivity contribution in [2.75, 3.05) is 0 Å². The third kappa shape index (κ3) is 4.11. The summed E-state index contributed by atoms with van der Waals surface area (Å²) in [7, 11) is 0. The van der Waals surface area contributed by atoms with Crippen LogP contribution in [0.25, 0.3) is 0 Å². The summed E-state index contributed by atoms with van der Waals surface area (Å²) >= 11 is 18.1. The molecular formula is C17H14Cl3NO2. The third-order valence-corrected chi connectivity index (χ3v) is 4.50. The Morgan fingerprint density at radius 3 is 2.35 bits per heavy atom. The molecule has 0 heterocycles. The van der Waals surface area contributed by atoms with Crippen molar-refractivity contribution in [3.05, 3.63) is 63.1 Å². The van der Waals surface area contributed by atoms with E-state index in [-0.39, 0.29) is 11.9 Å². The lowest BCUT2D eigenvalue weighted by Crippen LogP contribution is -2.33. The quantitative estimate of drug-likeness (QED) is 0.748. The average molecular weight is 371 g/mol. The number of carbonyl (C=O) groups excluding carboxylic acids is 1. The van der Waals surface area contributed by atoms with Crippen molar-refractivity contribution < 1.29 is 9.53 Å². The standard InChI is InChI=1S/C17H14Cl3NO2/c18-12-8-14(20)15(9-13(12)19)23-16(10-4-2-1-3-5-10)17(22)21-11-6-7-11/h1-5,8-9,11,16H,6-7H2,(H,21,22)/t16-/m0/s1. The van der Waals surface area contributed by atoms with Gasteiger partial charge in [0.05, 0.1) is 15.1 Å². The zero-order valence-corrected chi connectivity index (χ0v) is 14.3. The second-order valence-electron chi connectivity index (χ2n) is 5.39. The van der Waals surface area contributed by atoms with Gasteiger partial charge in [0.2, 0.25) is 6.10 Å². The van der Waals surface area contributed by atoms with Gasteiger partial charge in [0.25, 0.3) is 5.91 Å². The Morgan fingerprint density at radius 1 is 1.04 bits per heavy atom. The number of halogens is 3. The second kappa shape index (κ2) is 7.00. The fourth-order valence-electron chi connectivity index (χ4n) is 2.13. The van der Waals surface area contributed by atoms with Crippen LogP contribution in [0.15, 0.2) is 42.5 Å². The van der Waals surface area contributed by atoms with Crippen LogP contribution in [0.5, 0.6) is 5.75 Å². The smallest absolute Gasteiger partial charge is 0.266 e. The summed E-state index contributed by atoms with van der Waals surface area (Å²) in [6, 6.07) is 12.5. The minimum absolute atomic E-state index is 0.194. The molecule has 0 spiro atoms. The summed E-state index contributed by atoms with van der Waals surface area (Å²) in [5, 5.41) is 3.91. The molecule has 0 saturated heterocycles. The Hall–Kier alpha value is -1.42. The molecule has 6 heteroatoms. The number of hydrogen-bond donors (Lipinski definition) is 1. The van der Waals surface area contributed by atoms with E-state index in [0.29, 0.717) is 20.8 Å². The van der Waals surface area contributed by atoms with Crippen molar-refractivity contribution in [3.63, 3.8) is 0 Å². The van der Waals surface area contributed by atoms with E-state index < -0.39 is 6.10 Å². The summed E-state index contributed by atoms with van der Waals surface area (Å²) in [6.07, 6.45) is 1.20. The summed E-state index contributed by atoms with van der Waals surface area (Å²) < 4.78 is 5.87. The van der Waals surface area contributed by atoms with Crippen molar-refractivity contribution in [1.29, 1.82) is 0 Å². The summed E-state index contributed by atoms with van der Waals surface area (Å²) in [4.78, 5) is 12.5. The molecule has 2 aromatic carbocycles. The molecule has 1 amide bonds. The van der Waals surface area contributed by atoms with Crippen LogP contribution >= 0.6 is 34.8 Å². The molecule has 120 valence electrons. The van der Waals surface area contributed by atoms with Gasteiger partial charge in [-0.15, -0.1) is 0 Å². The maximum atomic E-state index is 12.5. The molecule has 1 saturated carbocycles. The lowest BCUT2D eigenvalue weighted by molar-refractivity contribution is -0.128. The van der Waals surface area contributed by atoms with Gasteiger partial charge in [-0.3, -0.25) is 4.79 Å². The van der Waals surface area contributed by atoms with Crippen LogP contribution in [-0.4, -0.2) is 11.9 Å². The lowest BCUT2D eigenvalue weighted by Gasteiger charge is -2.20. The van der Waals surface area contributed by atoms with E-state index in [1.54, 1.807) is 0 Å². The van der Waals surface area contributed by atoms with Crippen molar-refractivity contribution in [3.8, 4) is 5.75 Å². The van der Waals surface area contributed by atoms with Gasteiger partial charge in [0, 0.05) is 17.7 Å². The zero-order valence-electron chi connectivity index (χ0n) is 12.1. The third-order valence-electron chi connectivity index (χ3n) is 3.48. The highest BCUT2D eigenvalue weighted by Crippen LogP contribution is 2.36. The van der Waals surface area contributed by atoms with Crippen LogP contribution in [-0.2, 0) is 4.79 Å². The van der Waals surface area contributed by atoms with E-state index in [1.165, 1.54) is 12.1 Å². The van der Waals surface area contributed by atoms with Gasteiger partial charge < -0.3 is 10.1 Å². The summed E-state index contributed by atoms with van der Waals surface area (Å²) in [5.74, 6) is 0.127. The Kier molecular flexibility index (Phi) is 5.00. The highest BCUT2D eigenvalue weighted by molar-refractivity contribution is 6.43. The highest BCUT2D eigenvalue weighted by Gasteiger charge is 2.30. The topological polar surface area (TPSA) is 38.3 Å². The Balaban J connectivity index is 1.89. The molecule has 2 aromatic rings. The molecule has 0 radical (unpaired) electrons. The molecule has 0 aromatic heterocycles. The zero-order chi connectivity index (χ0) is 16.4. The normalized spacial score (nSPS) is 15.1. The molecule has 3 rings (SSSR count). The molecule has 1 fully saturated rings. The molecule has 3 nitrogen and oxygen atoms in total. The average Bonchev–Trinajstić information content (AvgIpc) is 3.34. The fourth-order valence-corrected chi connectivity index (χ4v) is 2.71. The molecular weight excluding hydrogens is 357 g/mol. The van der Waals surface area contributed by atoms with Crippen LogP contribution in [0.2, 0.25) is 15.1 Å². The maximum absolute atomic E-state index is 12.5. The molecule has 0 unspecified atom stereocenters. The summed E-state index contributed by atoms with van der Waals surface area (Å²) in [5.41, 5.74) is 0.743. The number of nitrogens with one attached hydrogen (secondary N) is 1. The van der Waals surface area contributed by atoms with Gasteiger partial charge in [0.15, 0.2) is 0 Å². The van der Waals surface area contributed by atoms with Crippen LogP contribution in [0.4, 0.5) is 0 Å². The van der Waals surface area contributed by atoms with Gasteiger partial charge in [-0.05, 0) is 18.9 Å². The van der Waals surface area contributed by atoms with E-state index >= 15 is 0 Å². The van der Waals surface area contributed by atoms with E-state index in [4.69, 9.17) is 39.5 Å². The van der Waals surface area contributed by atoms with Crippen LogP contribution in [0.1, 0.15) is 24.5 Å². The molecule has 1 aliphatic carbocycles. The first kappa shape index (κ1) is 16.4. The molecule has 23 heavy (non-hydrogen) atoms. The first-order chi connectivity index (χ1) is 11.0. The van der Waals surface area contributed by atoms with Crippen LogP contribution in [0.3, 0.4) is 0 Å². The number of ether oxygens (including phenoxy) is 1. The van der Waals surface area contributed by atoms with Gasteiger partial charge in [0.1, 0.15) is 5.75 Å². The molecule has 0 bridgehead atoms. The predicted octanol–water partition coefficient (Wildman–Crippen LogP) is 5.05. The first-order valence-electron chi connectivity index (χ1n) is 7.21. The van der Waals surface area contributed by atoms with E-state index in [1.807, 2.05) is 30.3 Å². The second-order valence-corrected chi connectivity index (χ2v) is 6.61. The molecule has 0 aliphatic heterocycles. The first-order valence-corrected chi connectivity index (χ1v) is 8.34. The Bertz CT molecular complexity index is 717. The van der Waals surface area contributed by atoms with Gasteiger partial charge in [-0.1, -0.05) is 65.1 Å². The monoisotopic (exact) mass is 369 g/mol. The number of carbonyl (C=O) groups is 1. The van der Waals surface area contributed by atoms with E-state index in [0.717, 1.165) is 18.4 Å². The Morgan fingerprint density at radius 2 is 1.70 bits per heavy atom. The Labute approximate surface area is 149 Å². The SMILES string of the molecule is O=C(NC1CC1)[C@@H](Oc1cc(Cl)c(Cl)cc1Cl)c1ccccc1. The summed E-state index contributed by atoms with van der Waals surface area (Å²) in [6.45, 7) is 0. The van der Waals surface area contributed by atoms with Gasteiger partial charge in [-0.25, -0.2) is 0 Å². The number of amides is 1. The largest absolute Gasteiger partial charge is 0.474 e. The highest BCUT2D eigenvalue weighted by atomic mass is 35.5. The molecule has 1 atom stereocenters. The number of benzene rings is 2. The molecule has 1 aliphatic rings. The maximum Gasteiger partial charge on any atom is 0.266 e.